The van der Waals surface area contributed by atoms with Crippen LogP contribution in [-0.2, 0) is 31.7 Å². The van der Waals surface area contributed by atoms with Crippen LogP contribution in [0.15, 0.2) is 114 Å². The highest BCUT2D eigenvalue weighted by Gasteiger charge is 2.37. The van der Waals surface area contributed by atoms with Crippen LogP contribution in [-0.4, -0.2) is 54.3 Å². The first kappa shape index (κ1) is 33.6. The van der Waals surface area contributed by atoms with Crippen molar-refractivity contribution in [1.82, 2.24) is 9.88 Å². The third-order valence-electron chi connectivity index (χ3n) is 9.44. The molecule has 11 heteroatoms. The number of nitrogens with one attached hydrogen (secondary N) is 1. The second kappa shape index (κ2) is 14.2. The number of nitrogens with zero attached hydrogens (tertiary/aromatic N) is 2. The van der Waals surface area contributed by atoms with Gasteiger partial charge in [0.25, 0.3) is 10.0 Å². The van der Waals surface area contributed by atoms with Crippen LogP contribution < -0.4 is 4.72 Å². The maximum Gasteiger partial charge on any atom is 0.264 e. The fourth-order valence-corrected chi connectivity index (χ4v) is 8.08. The van der Waals surface area contributed by atoms with Gasteiger partial charge in [-0.05, 0) is 65.9 Å². The number of fused-ring (bicyclic) bond motifs is 1. The Morgan fingerprint density at radius 3 is 2.39 bits per heavy atom. The van der Waals surface area contributed by atoms with Crippen molar-refractivity contribution in [3.8, 4) is 0 Å². The first-order valence-corrected chi connectivity index (χ1v) is 18.2. The number of sulfonamides is 1. The first-order valence-electron chi connectivity index (χ1n) is 16.4. The molecule has 1 unspecified atom stereocenters. The van der Waals surface area contributed by atoms with Crippen LogP contribution in [0.1, 0.15) is 53.9 Å². The molecule has 2 aliphatic heterocycles. The van der Waals surface area contributed by atoms with Gasteiger partial charge >= 0.3 is 0 Å². The summed E-state index contributed by atoms with van der Waals surface area (Å²) in [7, 11) is -3.96. The van der Waals surface area contributed by atoms with E-state index in [2.05, 4.69) is 14.6 Å². The topological polar surface area (TPSA) is 121 Å². The summed E-state index contributed by atoms with van der Waals surface area (Å²) >= 11 is 6.08. The van der Waals surface area contributed by atoms with Crippen LogP contribution in [0.2, 0.25) is 5.02 Å². The SMILES string of the molecule is O=S(=O)(Nc1cccc(C2O[C@H](CN3CCC(O)(c4ccc(Cl)cc4)CC3)C[C@H](c3ccc(CO)cc3)O2)c1)c1cccc2cccnc12. The number of piperidine rings is 1. The molecule has 0 bridgehead atoms. The molecule has 2 fully saturated rings. The zero-order chi connectivity index (χ0) is 34.0. The number of pyridine rings is 1. The molecule has 5 aromatic rings. The van der Waals surface area contributed by atoms with Crippen LogP contribution in [0.25, 0.3) is 10.9 Å². The van der Waals surface area contributed by atoms with Crippen LogP contribution in [0.5, 0.6) is 0 Å². The number of rotatable bonds is 9. The van der Waals surface area contributed by atoms with E-state index in [-0.39, 0.29) is 23.7 Å². The molecular formula is C38H38ClN3O6S. The average Bonchev–Trinajstić information content (AvgIpc) is 3.12. The fraction of sp³-hybridized carbons (Fsp3) is 0.289. The van der Waals surface area contributed by atoms with Gasteiger partial charge in [-0.3, -0.25) is 9.71 Å². The normalized spacial score (nSPS) is 21.4. The number of benzene rings is 4. The number of aliphatic hydroxyl groups excluding tert-OH is 1. The molecule has 0 radical (unpaired) electrons. The number of anilines is 1. The maximum absolute atomic E-state index is 13.6. The van der Waals surface area contributed by atoms with Crippen LogP contribution in [0.3, 0.4) is 0 Å². The van der Waals surface area contributed by atoms with E-state index in [4.69, 9.17) is 21.1 Å². The van der Waals surface area contributed by atoms with Gasteiger partial charge in [0.1, 0.15) is 4.90 Å². The molecule has 0 aliphatic carbocycles. The molecule has 1 aromatic heterocycles. The molecule has 0 amide bonds. The largest absolute Gasteiger partial charge is 0.392 e. The molecule has 4 aromatic carbocycles. The monoisotopic (exact) mass is 699 g/mol. The summed E-state index contributed by atoms with van der Waals surface area (Å²) in [5, 5.41) is 22.4. The predicted octanol–water partition coefficient (Wildman–Crippen LogP) is 6.71. The van der Waals surface area contributed by atoms with Gasteiger partial charge in [0.2, 0.25) is 0 Å². The van der Waals surface area contributed by atoms with Crippen molar-refractivity contribution in [3.05, 3.63) is 137 Å². The number of ether oxygens (including phenoxy) is 2. The minimum Gasteiger partial charge on any atom is -0.392 e. The number of aromatic nitrogens is 1. The van der Waals surface area contributed by atoms with E-state index < -0.39 is 21.9 Å². The van der Waals surface area contributed by atoms with Gasteiger partial charge in [-0.1, -0.05) is 78.3 Å². The smallest absolute Gasteiger partial charge is 0.264 e. The molecule has 7 rings (SSSR count). The van der Waals surface area contributed by atoms with Crippen molar-refractivity contribution in [2.24, 2.45) is 0 Å². The summed E-state index contributed by atoms with van der Waals surface area (Å²) in [6, 6.07) is 30.9. The Morgan fingerprint density at radius 2 is 1.63 bits per heavy atom. The van der Waals surface area contributed by atoms with E-state index in [1.807, 2.05) is 66.7 Å². The Bertz CT molecular complexity index is 2010. The molecule has 2 aliphatic rings. The molecule has 3 atom stereocenters. The number of hydrogen-bond acceptors (Lipinski definition) is 8. The van der Waals surface area contributed by atoms with Gasteiger partial charge in [0.15, 0.2) is 6.29 Å². The van der Waals surface area contributed by atoms with Crippen molar-refractivity contribution in [2.45, 2.75) is 54.9 Å². The van der Waals surface area contributed by atoms with Crippen LogP contribution in [0.4, 0.5) is 5.69 Å². The van der Waals surface area contributed by atoms with Gasteiger partial charge in [0, 0.05) is 53.9 Å². The summed E-state index contributed by atoms with van der Waals surface area (Å²) in [4.78, 5) is 6.72. The summed E-state index contributed by atoms with van der Waals surface area (Å²) in [6.45, 7) is 1.98. The van der Waals surface area contributed by atoms with E-state index in [0.29, 0.717) is 60.7 Å². The highest BCUT2D eigenvalue weighted by Crippen LogP contribution is 2.40. The lowest BCUT2D eigenvalue weighted by atomic mass is 9.84. The number of aliphatic hydroxyl groups is 2. The van der Waals surface area contributed by atoms with Crippen molar-refractivity contribution in [3.63, 3.8) is 0 Å². The Hall–Kier alpha value is -3.87. The lowest BCUT2D eigenvalue weighted by Crippen LogP contribution is -2.46. The molecule has 3 N–H and O–H groups in total. The standard InChI is InChI=1S/C38H38ClN3O6S/c39-31-15-13-30(14-16-31)38(44)17-20-42(21-18-38)24-33-23-34(27-11-9-26(25-43)10-12-27)48-37(47-33)29-5-1-7-32(22-29)41-49(45,46)35-8-2-4-28-6-3-19-40-36(28)35/h1-16,19,22,33-34,37,41,43-44H,17-18,20-21,23-25H2/t33-,34+,37?/m0/s1. The minimum atomic E-state index is -3.96. The Balaban J connectivity index is 1.10. The average molecular weight is 700 g/mol. The van der Waals surface area contributed by atoms with Gasteiger partial charge in [-0.15, -0.1) is 0 Å². The molecule has 49 heavy (non-hydrogen) atoms. The lowest BCUT2D eigenvalue weighted by Gasteiger charge is -2.42. The van der Waals surface area contributed by atoms with E-state index in [0.717, 1.165) is 22.1 Å². The molecule has 0 spiro atoms. The zero-order valence-corrected chi connectivity index (χ0v) is 28.4. The summed E-state index contributed by atoms with van der Waals surface area (Å²) < 4.78 is 43.0. The van der Waals surface area contributed by atoms with Gasteiger partial charge < -0.3 is 24.6 Å². The van der Waals surface area contributed by atoms with Crippen molar-refractivity contribution >= 4 is 38.2 Å². The molecule has 254 valence electrons. The molecule has 3 heterocycles. The summed E-state index contributed by atoms with van der Waals surface area (Å²) in [5.41, 5.74) is 3.19. The number of para-hydroxylation sites is 1. The third-order valence-corrected chi connectivity index (χ3v) is 11.1. The van der Waals surface area contributed by atoms with Gasteiger partial charge in [-0.2, -0.15) is 0 Å². The quantitative estimate of drug-likeness (QED) is 0.155. The lowest BCUT2D eigenvalue weighted by molar-refractivity contribution is -0.253. The van der Waals surface area contributed by atoms with E-state index in [9.17, 15) is 18.6 Å². The highest BCUT2D eigenvalue weighted by molar-refractivity contribution is 7.93. The first-order chi connectivity index (χ1) is 23.7. The third kappa shape index (κ3) is 7.51. The number of likely N-dealkylation sites (tertiary alicyclic amines) is 1. The Kier molecular flexibility index (Phi) is 9.72. The zero-order valence-electron chi connectivity index (χ0n) is 26.8. The number of hydrogen-bond donors (Lipinski definition) is 3. The van der Waals surface area contributed by atoms with Crippen molar-refractivity contribution < 1.29 is 28.1 Å². The molecule has 0 saturated carbocycles. The van der Waals surface area contributed by atoms with Gasteiger partial charge in [-0.25, -0.2) is 8.42 Å². The van der Waals surface area contributed by atoms with Gasteiger partial charge in [0.05, 0.1) is 29.9 Å². The Morgan fingerprint density at radius 1 is 0.898 bits per heavy atom. The minimum absolute atomic E-state index is 0.0466. The molecule has 9 nitrogen and oxygen atoms in total. The number of halogens is 1. The van der Waals surface area contributed by atoms with Crippen LogP contribution >= 0.6 is 11.6 Å². The second-order valence-electron chi connectivity index (χ2n) is 12.8. The fourth-order valence-electron chi connectivity index (χ4n) is 6.73. The second-order valence-corrected chi connectivity index (χ2v) is 14.8. The highest BCUT2D eigenvalue weighted by atomic mass is 35.5. The molecular weight excluding hydrogens is 662 g/mol. The van der Waals surface area contributed by atoms with E-state index in [1.54, 1.807) is 42.6 Å². The predicted molar refractivity (Wildman–Crippen MR) is 188 cm³/mol. The van der Waals surface area contributed by atoms with Crippen molar-refractivity contribution in [2.75, 3.05) is 24.4 Å². The van der Waals surface area contributed by atoms with E-state index in [1.165, 1.54) is 0 Å². The van der Waals surface area contributed by atoms with Crippen molar-refractivity contribution in [1.29, 1.82) is 0 Å². The van der Waals surface area contributed by atoms with E-state index >= 15 is 0 Å². The summed E-state index contributed by atoms with van der Waals surface area (Å²) in [5.74, 6) is 0. The molecule has 2 saturated heterocycles. The van der Waals surface area contributed by atoms with Crippen LogP contribution in [0, 0.1) is 0 Å². The summed E-state index contributed by atoms with van der Waals surface area (Å²) in [6.07, 6.45) is 2.09. The maximum atomic E-state index is 13.6. The Labute approximate surface area is 291 Å².